The number of aromatic nitrogens is 2. The number of halogens is 1. The SMILES string of the molecule is CN=C(NCC1(N2CCSCC2)CCCCC1)N1CCN(c2cnn(C)c2)C(=O)C1.I. The number of thioether (sulfide) groups is 1. The van der Waals surface area contributed by atoms with Crippen molar-refractivity contribution in [2.75, 3.05) is 62.7 Å². The van der Waals surface area contributed by atoms with E-state index < -0.39 is 0 Å². The number of aryl methyl sites for hydroxylation is 1. The van der Waals surface area contributed by atoms with Crippen molar-refractivity contribution in [3.05, 3.63) is 12.4 Å². The van der Waals surface area contributed by atoms with Gasteiger partial charge >= 0.3 is 0 Å². The van der Waals surface area contributed by atoms with Crippen LogP contribution in [0.5, 0.6) is 0 Å². The molecule has 1 saturated carbocycles. The molecule has 10 heteroatoms. The lowest BCUT2D eigenvalue weighted by atomic mass is 9.80. The van der Waals surface area contributed by atoms with E-state index in [0.717, 1.165) is 24.7 Å². The number of carbonyl (C=O) groups excluding carboxylic acids is 1. The largest absolute Gasteiger partial charge is 0.354 e. The number of hydrogen-bond donors (Lipinski definition) is 1. The maximum absolute atomic E-state index is 12.8. The summed E-state index contributed by atoms with van der Waals surface area (Å²) in [6.07, 6.45) is 10.1. The molecule has 1 aliphatic carbocycles. The number of nitrogens with zero attached hydrogens (tertiary/aromatic N) is 6. The van der Waals surface area contributed by atoms with Crippen LogP contribution in [-0.2, 0) is 11.8 Å². The molecule has 2 saturated heterocycles. The standard InChI is InChI=1S/C21H35N7OS.HI/c1-22-20(26-8-9-28(19(29)16-26)18-14-24-25(2)15-18)23-17-21(6-4-3-5-7-21)27-10-12-30-13-11-27;/h14-15H,3-13,16-17H2,1-2H3,(H,22,23);1H. The van der Waals surface area contributed by atoms with Crippen LogP contribution in [0, 0.1) is 0 Å². The maximum Gasteiger partial charge on any atom is 0.246 e. The number of nitrogens with one attached hydrogen (secondary N) is 1. The molecule has 0 radical (unpaired) electrons. The summed E-state index contributed by atoms with van der Waals surface area (Å²) in [5, 5.41) is 7.86. The van der Waals surface area contributed by atoms with Gasteiger partial charge in [0.05, 0.1) is 11.9 Å². The third-order valence-electron chi connectivity index (χ3n) is 6.78. The lowest BCUT2D eigenvalue weighted by molar-refractivity contribution is -0.120. The van der Waals surface area contributed by atoms with Gasteiger partial charge in [-0.05, 0) is 12.8 Å². The Morgan fingerprint density at radius 2 is 1.94 bits per heavy atom. The Balaban J connectivity index is 0.00000272. The van der Waals surface area contributed by atoms with Crippen LogP contribution in [0.3, 0.4) is 0 Å². The van der Waals surface area contributed by atoms with E-state index in [-0.39, 0.29) is 35.4 Å². The molecule has 31 heavy (non-hydrogen) atoms. The molecule has 0 unspecified atom stereocenters. The van der Waals surface area contributed by atoms with E-state index >= 15 is 0 Å². The second-order valence-electron chi connectivity index (χ2n) is 8.62. The Kier molecular flexibility index (Phi) is 8.91. The van der Waals surface area contributed by atoms with Crippen molar-refractivity contribution in [1.82, 2.24) is 24.9 Å². The quantitative estimate of drug-likeness (QED) is 0.345. The second-order valence-corrected chi connectivity index (χ2v) is 9.85. The molecule has 0 bridgehead atoms. The van der Waals surface area contributed by atoms with Gasteiger partial charge in [0.2, 0.25) is 5.91 Å². The summed E-state index contributed by atoms with van der Waals surface area (Å²) < 4.78 is 1.73. The molecule has 1 amide bonds. The minimum Gasteiger partial charge on any atom is -0.354 e. The fourth-order valence-electron chi connectivity index (χ4n) is 5.10. The first kappa shape index (κ1) is 24.6. The second kappa shape index (κ2) is 11.2. The van der Waals surface area contributed by atoms with Gasteiger partial charge < -0.3 is 15.1 Å². The minimum atomic E-state index is 0. The Hall–Kier alpha value is -1.01. The smallest absolute Gasteiger partial charge is 0.246 e. The predicted octanol–water partition coefficient (Wildman–Crippen LogP) is 2.01. The van der Waals surface area contributed by atoms with E-state index in [0.29, 0.717) is 13.1 Å². The van der Waals surface area contributed by atoms with Crippen LogP contribution in [0.1, 0.15) is 32.1 Å². The van der Waals surface area contributed by atoms with Gasteiger partial charge in [-0.2, -0.15) is 16.9 Å². The van der Waals surface area contributed by atoms with Crippen molar-refractivity contribution in [3.63, 3.8) is 0 Å². The lowest BCUT2D eigenvalue weighted by Crippen LogP contribution is -2.61. The topological polar surface area (TPSA) is 69.0 Å². The number of aliphatic imine (C=N–C) groups is 1. The van der Waals surface area contributed by atoms with Crippen LogP contribution in [0.15, 0.2) is 17.4 Å². The van der Waals surface area contributed by atoms with Crippen molar-refractivity contribution in [2.24, 2.45) is 12.0 Å². The van der Waals surface area contributed by atoms with E-state index in [1.165, 1.54) is 56.7 Å². The zero-order valence-electron chi connectivity index (χ0n) is 18.8. The van der Waals surface area contributed by atoms with Crippen molar-refractivity contribution in [3.8, 4) is 0 Å². The molecule has 1 aromatic heterocycles. The van der Waals surface area contributed by atoms with Gasteiger partial charge in [0.25, 0.3) is 0 Å². The average Bonchev–Trinajstić information content (AvgIpc) is 3.21. The van der Waals surface area contributed by atoms with Gasteiger partial charge in [-0.3, -0.25) is 19.4 Å². The number of rotatable bonds is 4. The summed E-state index contributed by atoms with van der Waals surface area (Å²) >= 11 is 2.07. The van der Waals surface area contributed by atoms with Gasteiger partial charge in [-0.25, -0.2) is 0 Å². The molecule has 4 rings (SSSR count). The van der Waals surface area contributed by atoms with Gasteiger partial charge in [0, 0.05) is 70.1 Å². The van der Waals surface area contributed by atoms with Crippen molar-refractivity contribution < 1.29 is 4.79 Å². The van der Waals surface area contributed by atoms with Gasteiger partial charge in [0.15, 0.2) is 5.96 Å². The van der Waals surface area contributed by atoms with Crippen molar-refractivity contribution >= 4 is 53.3 Å². The fourth-order valence-corrected chi connectivity index (χ4v) is 6.01. The Labute approximate surface area is 207 Å². The van der Waals surface area contributed by atoms with E-state index in [9.17, 15) is 4.79 Å². The Bertz CT molecular complexity index is 759. The monoisotopic (exact) mass is 561 g/mol. The van der Waals surface area contributed by atoms with E-state index in [1.807, 2.05) is 25.2 Å². The first-order valence-electron chi connectivity index (χ1n) is 11.2. The molecule has 1 aromatic rings. The Morgan fingerprint density at radius 1 is 1.19 bits per heavy atom. The number of piperazine rings is 1. The van der Waals surface area contributed by atoms with Crippen molar-refractivity contribution in [1.29, 1.82) is 0 Å². The van der Waals surface area contributed by atoms with Crippen LogP contribution < -0.4 is 10.2 Å². The van der Waals surface area contributed by atoms with E-state index in [1.54, 1.807) is 10.9 Å². The number of carbonyl (C=O) groups is 1. The zero-order chi connectivity index (χ0) is 21.0. The summed E-state index contributed by atoms with van der Waals surface area (Å²) in [5.74, 6) is 3.42. The van der Waals surface area contributed by atoms with Crippen LogP contribution in [-0.4, -0.2) is 94.8 Å². The molecule has 0 spiro atoms. The number of amides is 1. The molecule has 0 atom stereocenters. The van der Waals surface area contributed by atoms with Gasteiger partial charge in [-0.1, -0.05) is 19.3 Å². The third-order valence-corrected chi connectivity index (χ3v) is 7.72. The molecular formula is C21H36IN7OS. The van der Waals surface area contributed by atoms with Crippen LogP contribution in [0.25, 0.3) is 0 Å². The molecule has 3 aliphatic rings. The van der Waals surface area contributed by atoms with Crippen LogP contribution in [0.4, 0.5) is 5.69 Å². The van der Waals surface area contributed by atoms with Crippen molar-refractivity contribution in [2.45, 2.75) is 37.6 Å². The Morgan fingerprint density at radius 3 is 2.55 bits per heavy atom. The summed E-state index contributed by atoms with van der Waals surface area (Å²) in [5.41, 5.74) is 1.10. The fraction of sp³-hybridized carbons (Fsp3) is 0.762. The molecule has 3 fully saturated rings. The summed E-state index contributed by atoms with van der Waals surface area (Å²) in [6, 6.07) is 0. The third kappa shape index (κ3) is 5.68. The lowest BCUT2D eigenvalue weighted by Gasteiger charge is -2.48. The van der Waals surface area contributed by atoms with Crippen LogP contribution >= 0.6 is 35.7 Å². The highest BCUT2D eigenvalue weighted by Gasteiger charge is 2.39. The molecule has 2 aliphatic heterocycles. The highest BCUT2D eigenvalue weighted by molar-refractivity contribution is 14.0. The summed E-state index contributed by atoms with van der Waals surface area (Å²) in [6.45, 7) is 5.07. The molecular weight excluding hydrogens is 525 g/mol. The van der Waals surface area contributed by atoms with E-state index in [4.69, 9.17) is 0 Å². The zero-order valence-corrected chi connectivity index (χ0v) is 21.9. The number of guanidine groups is 1. The minimum absolute atomic E-state index is 0. The summed E-state index contributed by atoms with van der Waals surface area (Å²) in [4.78, 5) is 24.0. The van der Waals surface area contributed by atoms with Crippen LogP contribution in [0.2, 0.25) is 0 Å². The number of anilines is 1. The summed E-state index contributed by atoms with van der Waals surface area (Å²) in [7, 11) is 3.70. The molecule has 1 N–H and O–H groups in total. The van der Waals surface area contributed by atoms with Gasteiger partial charge in [0.1, 0.15) is 6.54 Å². The molecule has 8 nitrogen and oxygen atoms in total. The van der Waals surface area contributed by atoms with E-state index in [2.05, 4.69) is 37.0 Å². The average molecular weight is 562 g/mol. The molecule has 0 aromatic carbocycles. The highest BCUT2D eigenvalue weighted by Crippen LogP contribution is 2.35. The predicted molar refractivity (Wildman–Crippen MR) is 139 cm³/mol. The maximum atomic E-state index is 12.8. The normalized spacial score (nSPS) is 22.9. The first-order chi connectivity index (χ1) is 14.6. The number of hydrogen-bond acceptors (Lipinski definition) is 5. The van der Waals surface area contributed by atoms with Gasteiger partial charge in [-0.15, -0.1) is 24.0 Å². The highest BCUT2D eigenvalue weighted by atomic mass is 127. The molecule has 3 heterocycles. The molecule has 174 valence electrons. The first-order valence-corrected chi connectivity index (χ1v) is 12.3.